The Bertz CT molecular complexity index is 947. The first-order valence-electron chi connectivity index (χ1n) is 10.7. The van der Waals surface area contributed by atoms with E-state index in [9.17, 15) is 14.9 Å². The van der Waals surface area contributed by atoms with E-state index < -0.39 is 10.8 Å². The van der Waals surface area contributed by atoms with Gasteiger partial charge in [0, 0.05) is 36.5 Å². The Morgan fingerprint density at radius 3 is 2.44 bits per heavy atom. The van der Waals surface area contributed by atoms with Crippen LogP contribution < -0.4 is 15.1 Å². The number of hydrazone groups is 1. The summed E-state index contributed by atoms with van der Waals surface area (Å²) in [6.07, 6.45) is 1.44. The van der Waals surface area contributed by atoms with E-state index in [1.807, 2.05) is 25.1 Å². The second-order valence-corrected chi connectivity index (χ2v) is 8.59. The van der Waals surface area contributed by atoms with E-state index in [1.54, 1.807) is 12.1 Å². The van der Waals surface area contributed by atoms with Gasteiger partial charge < -0.3 is 9.64 Å². The van der Waals surface area contributed by atoms with Crippen molar-refractivity contribution in [3.05, 3.63) is 63.7 Å². The van der Waals surface area contributed by atoms with E-state index in [4.69, 9.17) is 4.74 Å². The van der Waals surface area contributed by atoms with Gasteiger partial charge in [0.1, 0.15) is 5.75 Å². The van der Waals surface area contributed by atoms with Crippen LogP contribution >= 0.6 is 0 Å². The zero-order valence-electron chi connectivity index (χ0n) is 19.4. The molecule has 0 atom stereocenters. The molecule has 2 aromatic rings. The maximum Gasteiger partial charge on any atom is 0.277 e. The van der Waals surface area contributed by atoms with Gasteiger partial charge in [-0.05, 0) is 42.5 Å². The maximum absolute atomic E-state index is 12.1. The molecule has 8 heteroatoms. The highest BCUT2D eigenvalue weighted by molar-refractivity contribution is 5.90. The Balaban J connectivity index is 2.16. The summed E-state index contributed by atoms with van der Waals surface area (Å²) in [4.78, 5) is 25.1. The molecule has 0 aliphatic heterocycles. The van der Waals surface area contributed by atoms with E-state index in [1.165, 1.54) is 18.3 Å². The summed E-state index contributed by atoms with van der Waals surface area (Å²) in [5.41, 5.74) is 4.84. The van der Waals surface area contributed by atoms with Crippen LogP contribution in [0.5, 0.6) is 5.75 Å². The third-order valence-electron chi connectivity index (χ3n) is 4.49. The zero-order chi connectivity index (χ0) is 23.7. The second-order valence-electron chi connectivity index (χ2n) is 8.59. The number of hydrogen-bond donors (Lipinski definition) is 1. The quantitative estimate of drug-likeness (QED) is 0.314. The van der Waals surface area contributed by atoms with Crippen molar-refractivity contribution in [3.8, 4) is 5.75 Å². The largest absolute Gasteiger partial charge is 0.484 e. The number of carbonyl (C=O) groups is 1. The molecule has 0 bridgehead atoms. The average Bonchev–Trinajstić information content (AvgIpc) is 2.71. The van der Waals surface area contributed by atoms with Gasteiger partial charge in [0.25, 0.3) is 11.6 Å². The molecule has 0 aromatic heterocycles. The van der Waals surface area contributed by atoms with E-state index in [0.717, 1.165) is 24.3 Å². The molecule has 0 fully saturated rings. The number of hydrogen-bond acceptors (Lipinski definition) is 6. The highest BCUT2D eigenvalue weighted by Crippen LogP contribution is 2.26. The van der Waals surface area contributed by atoms with Crippen LogP contribution in [0.4, 0.5) is 11.4 Å². The molecule has 32 heavy (non-hydrogen) atoms. The molecule has 2 rings (SSSR count). The Morgan fingerprint density at radius 1 is 1.16 bits per heavy atom. The van der Waals surface area contributed by atoms with Crippen LogP contribution in [0.3, 0.4) is 0 Å². The lowest BCUT2D eigenvalue weighted by Gasteiger charge is -2.29. The molecule has 0 heterocycles. The molecule has 0 aliphatic rings. The summed E-state index contributed by atoms with van der Waals surface area (Å²) < 4.78 is 5.47. The van der Waals surface area contributed by atoms with Gasteiger partial charge in [-0.1, -0.05) is 39.8 Å². The number of nitrogens with one attached hydrogen (secondary N) is 1. The van der Waals surface area contributed by atoms with Crippen molar-refractivity contribution in [1.82, 2.24) is 5.43 Å². The Morgan fingerprint density at radius 2 is 1.84 bits per heavy atom. The molecular formula is C24H32N4O4. The minimum atomic E-state index is -0.440. The molecule has 2 aromatic carbocycles. The predicted molar refractivity (Wildman–Crippen MR) is 127 cm³/mol. The summed E-state index contributed by atoms with van der Waals surface area (Å²) in [6, 6.07) is 12.1. The van der Waals surface area contributed by atoms with Crippen LogP contribution in [0.25, 0.3) is 0 Å². The average molecular weight is 441 g/mol. The first kappa shape index (κ1) is 24.8. The number of anilines is 1. The Labute approximate surface area is 189 Å². The van der Waals surface area contributed by atoms with Crippen LogP contribution in [0.15, 0.2) is 47.6 Å². The number of ether oxygens (including phenoxy) is 1. The SMILES string of the molecule is Cc1cccc(OCC(=O)N/N=C/c2cc([N+](=O)[O-])ccc2N(CC(C)C)CC(C)C)c1. The van der Waals surface area contributed by atoms with Gasteiger partial charge in [-0.25, -0.2) is 5.43 Å². The molecule has 0 saturated carbocycles. The van der Waals surface area contributed by atoms with Crippen molar-refractivity contribution in [1.29, 1.82) is 0 Å². The van der Waals surface area contributed by atoms with Crippen LogP contribution in [0, 0.1) is 28.9 Å². The van der Waals surface area contributed by atoms with Crippen LogP contribution in [0.2, 0.25) is 0 Å². The lowest BCUT2D eigenvalue weighted by atomic mass is 10.1. The van der Waals surface area contributed by atoms with Crippen LogP contribution in [-0.2, 0) is 4.79 Å². The maximum atomic E-state index is 12.1. The molecule has 0 radical (unpaired) electrons. The standard InChI is InChI=1S/C24H32N4O4/c1-17(2)14-27(15-18(3)4)23-10-9-21(28(30)31)12-20(23)13-25-26-24(29)16-32-22-8-6-7-19(5)11-22/h6-13,17-18H,14-16H2,1-5H3,(H,26,29)/b25-13+. The fourth-order valence-corrected chi connectivity index (χ4v) is 3.26. The van der Waals surface area contributed by atoms with Gasteiger partial charge in [0.2, 0.25) is 0 Å². The summed E-state index contributed by atoms with van der Waals surface area (Å²) in [7, 11) is 0. The lowest BCUT2D eigenvalue weighted by Crippen LogP contribution is -2.32. The summed E-state index contributed by atoms with van der Waals surface area (Å²) in [5, 5.41) is 15.3. The molecule has 8 nitrogen and oxygen atoms in total. The Hall–Kier alpha value is -3.42. The number of non-ortho nitro benzene ring substituents is 1. The van der Waals surface area contributed by atoms with E-state index in [0.29, 0.717) is 23.1 Å². The lowest BCUT2D eigenvalue weighted by molar-refractivity contribution is -0.384. The number of carbonyl (C=O) groups excluding carboxylic acids is 1. The minimum Gasteiger partial charge on any atom is -0.484 e. The minimum absolute atomic E-state index is 0.0293. The number of aryl methyl sites for hydroxylation is 1. The number of nitrogens with zero attached hydrogens (tertiary/aromatic N) is 3. The highest BCUT2D eigenvalue weighted by Gasteiger charge is 2.17. The first-order valence-corrected chi connectivity index (χ1v) is 10.7. The van der Waals surface area contributed by atoms with E-state index in [2.05, 4.69) is 43.1 Å². The highest BCUT2D eigenvalue weighted by atomic mass is 16.6. The van der Waals surface area contributed by atoms with Crippen molar-refractivity contribution < 1.29 is 14.5 Å². The van der Waals surface area contributed by atoms with Gasteiger partial charge in [-0.3, -0.25) is 14.9 Å². The van der Waals surface area contributed by atoms with Crippen LogP contribution in [-0.4, -0.2) is 36.7 Å². The Kier molecular flexibility index (Phi) is 9.19. The molecular weight excluding hydrogens is 408 g/mol. The molecule has 0 aliphatic carbocycles. The topological polar surface area (TPSA) is 97.1 Å². The summed E-state index contributed by atoms with van der Waals surface area (Å²) in [5.74, 6) is 0.999. The third-order valence-corrected chi connectivity index (χ3v) is 4.49. The molecule has 0 spiro atoms. The van der Waals surface area contributed by atoms with Crippen LogP contribution in [0.1, 0.15) is 38.8 Å². The monoisotopic (exact) mass is 440 g/mol. The molecule has 172 valence electrons. The molecule has 1 N–H and O–H groups in total. The van der Waals surface area contributed by atoms with Crippen molar-refractivity contribution in [2.75, 3.05) is 24.6 Å². The number of amides is 1. The van der Waals surface area contributed by atoms with E-state index >= 15 is 0 Å². The van der Waals surface area contributed by atoms with Gasteiger partial charge in [0.15, 0.2) is 6.61 Å². The second kappa shape index (κ2) is 11.8. The summed E-state index contributed by atoms with van der Waals surface area (Å²) in [6.45, 7) is 11.9. The van der Waals surface area contributed by atoms with E-state index in [-0.39, 0.29) is 12.3 Å². The molecule has 0 unspecified atom stereocenters. The molecule has 1 amide bonds. The molecule has 0 saturated heterocycles. The van der Waals surface area contributed by atoms with Crippen molar-refractivity contribution in [3.63, 3.8) is 0 Å². The van der Waals surface area contributed by atoms with Gasteiger partial charge in [-0.2, -0.15) is 5.10 Å². The zero-order valence-corrected chi connectivity index (χ0v) is 19.4. The fourth-order valence-electron chi connectivity index (χ4n) is 3.26. The van der Waals surface area contributed by atoms with Gasteiger partial charge in [-0.15, -0.1) is 0 Å². The third kappa shape index (κ3) is 8.02. The van der Waals surface area contributed by atoms with Crippen molar-refractivity contribution in [2.45, 2.75) is 34.6 Å². The van der Waals surface area contributed by atoms with Crippen molar-refractivity contribution >= 4 is 23.5 Å². The number of nitro benzene ring substituents is 1. The smallest absolute Gasteiger partial charge is 0.277 e. The normalized spacial score (nSPS) is 11.2. The number of nitro groups is 1. The predicted octanol–water partition coefficient (Wildman–Crippen LogP) is 4.55. The fraction of sp³-hybridized carbons (Fsp3) is 0.417. The number of benzene rings is 2. The van der Waals surface area contributed by atoms with Crippen molar-refractivity contribution in [2.24, 2.45) is 16.9 Å². The number of rotatable bonds is 11. The summed E-state index contributed by atoms with van der Waals surface area (Å²) >= 11 is 0. The van der Waals surface area contributed by atoms with Gasteiger partial charge >= 0.3 is 0 Å². The first-order chi connectivity index (χ1) is 15.2. The van der Waals surface area contributed by atoms with Gasteiger partial charge in [0.05, 0.1) is 11.1 Å².